The van der Waals surface area contributed by atoms with Crippen molar-refractivity contribution in [3.05, 3.63) is 35.9 Å². The molecule has 1 aromatic carbocycles. The molecule has 0 spiro atoms. The molecule has 31 heavy (non-hydrogen) atoms. The van der Waals surface area contributed by atoms with Crippen molar-refractivity contribution in [2.45, 2.75) is 57.2 Å². The van der Waals surface area contributed by atoms with Crippen LogP contribution in [0.3, 0.4) is 0 Å². The Morgan fingerprint density at radius 3 is 1.87 bits per heavy atom. The van der Waals surface area contributed by atoms with Gasteiger partial charge in [0.25, 0.3) is 0 Å². The average Bonchev–Trinajstić information content (AvgIpc) is 2.83. The van der Waals surface area contributed by atoms with E-state index in [1.807, 2.05) is 35.2 Å². The van der Waals surface area contributed by atoms with Crippen LogP contribution in [-0.2, 0) is 16.1 Å². The van der Waals surface area contributed by atoms with Crippen LogP contribution in [0.15, 0.2) is 30.3 Å². The van der Waals surface area contributed by atoms with E-state index < -0.39 is 5.97 Å². The third-order valence-corrected chi connectivity index (χ3v) is 7.34. The second-order valence-corrected chi connectivity index (χ2v) is 9.17. The summed E-state index contributed by atoms with van der Waals surface area (Å²) in [6.07, 6.45) is 5.71. The van der Waals surface area contributed by atoms with E-state index in [0.29, 0.717) is 18.7 Å². The van der Waals surface area contributed by atoms with E-state index >= 15 is 0 Å². The molecule has 0 atom stereocenters. The monoisotopic (exact) mass is 429 g/mol. The Morgan fingerprint density at radius 2 is 1.32 bits per heavy atom. The lowest BCUT2D eigenvalue weighted by Gasteiger charge is -2.45. The fourth-order valence-electron chi connectivity index (χ4n) is 5.35. The number of rotatable bonds is 5. The third-order valence-electron chi connectivity index (χ3n) is 7.34. The summed E-state index contributed by atoms with van der Waals surface area (Å²) in [5.74, 6) is -0.786. The Hall–Kier alpha value is -2.12. The predicted octanol–water partition coefficient (Wildman–Crippen LogP) is 3.05. The maximum Gasteiger partial charge on any atom is 0.410 e. The number of carbonyl (C=O) groups excluding carboxylic acids is 1. The van der Waals surface area contributed by atoms with Gasteiger partial charge in [0.2, 0.25) is 0 Å². The van der Waals surface area contributed by atoms with Gasteiger partial charge in [0.15, 0.2) is 0 Å². The van der Waals surface area contributed by atoms with Gasteiger partial charge in [-0.1, -0.05) is 30.3 Å². The molecule has 1 N–H and O–H groups in total. The number of piperidine rings is 3. The molecule has 4 rings (SSSR count). The van der Waals surface area contributed by atoms with Crippen LogP contribution in [0.1, 0.15) is 44.1 Å². The van der Waals surface area contributed by atoms with Gasteiger partial charge in [-0.15, -0.1) is 0 Å². The normalized spacial score (nSPS) is 23.0. The lowest BCUT2D eigenvalue weighted by atomic mass is 9.92. The maximum absolute atomic E-state index is 12.4. The summed E-state index contributed by atoms with van der Waals surface area (Å²) in [6.45, 7) is 5.91. The van der Waals surface area contributed by atoms with Crippen molar-refractivity contribution in [3.8, 4) is 0 Å². The van der Waals surface area contributed by atoms with E-state index in [-0.39, 0.29) is 12.0 Å². The summed E-state index contributed by atoms with van der Waals surface area (Å²) >= 11 is 0. The minimum absolute atomic E-state index is 0.152. The van der Waals surface area contributed by atoms with E-state index in [2.05, 4.69) is 9.80 Å². The molecule has 170 valence electrons. The largest absolute Gasteiger partial charge is 0.481 e. The summed E-state index contributed by atoms with van der Waals surface area (Å²) in [6, 6.07) is 11.0. The first kappa shape index (κ1) is 22.1. The first-order valence-corrected chi connectivity index (χ1v) is 11.8. The molecule has 3 aliphatic rings. The molecule has 0 aromatic heterocycles. The number of hydrogen-bond acceptors (Lipinski definition) is 5. The van der Waals surface area contributed by atoms with Crippen LogP contribution in [0.4, 0.5) is 4.79 Å². The van der Waals surface area contributed by atoms with Gasteiger partial charge in [-0.25, -0.2) is 4.79 Å². The molecule has 3 saturated heterocycles. The summed E-state index contributed by atoms with van der Waals surface area (Å²) in [5.41, 5.74) is 1.01. The van der Waals surface area contributed by atoms with Gasteiger partial charge in [0.05, 0.1) is 5.92 Å². The van der Waals surface area contributed by atoms with Crippen molar-refractivity contribution < 1.29 is 19.4 Å². The number of ether oxygens (including phenoxy) is 1. The SMILES string of the molecule is O=C(O)C1CCN(C2CCN(C3CCN(C(=O)OCc4ccccc4)CC3)CC2)CC1. The predicted molar refractivity (Wildman–Crippen MR) is 118 cm³/mol. The Bertz CT molecular complexity index is 720. The van der Waals surface area contributed by atoms with Crippen LogP contribution in [0.2, 0.25) is 0 Å². The van der Waals surface area contributed by atoms with Gasteiger partial charge in [-0.05, 0) is 70.3 Å². The fourth-order valence-corrected chi connectivity index (χ4v) is 5.35. The Labute approximate surface area is 184 Å². The van der Waals surface area contributed by atoms with E-state index in [0.717, 1.165) is 83.4 Å². The zero-order valence-corrected chi connectivity index (χ0v) is 18.3. The molecule has 0 bridgehead atoms. The number of benzene rings is 1. The molecule has 3 fully saturated rings. The lowest BCUT2D eigenvalue weighted by molar-refractivity contribution is -0.143. The molecule has 0 unspecified atom stereocenters. The quantitative estimate of drug-likeness (QED) is 0.776. The highest BCUT2D eigenvalue weighted by Crippen LogP contribution is 2.27. The minimum Gasteiger partial charge on any atom is -0.481 e. The molecular weight excluding hydrogens is 394 g/mol. The second-order valence-electron chi connectivity index (χ2n) is 9.17. The summed E-state index contributed by atoms with van der Waals surface area (Å²) in [4.78, 5) is 30.5. The zero-order valence-electron chi connectivity index (χ0n) is 18.3. The smallest absolute Gasteiger partial charge is 0.410 e. The number of hydrogen-bond donors (Lipinski definition) is 1. The fraction of sp³-hybridized carbons (Fsp3) is 0.667. The molecule has 3 aliphatic heterocycles. The Balaban J connectivity index is 1.15. The number of amides is 1. The number of likely N-dealkylation sites (tertiary alicyclic amines) is 3. The van der Waals surface area contributed by atoms with Crippen molar-refractivity contribution in [1.82, 2.24) is 14.7 Å². The van der Waals surface area contributed by atoms with Crippen LogP contribution < -0.4 is 0 Å². The molecule has 0 saturated carbocycles. The zero-order chi connectivity index (χ0) is 21.6. The highest BCUT2D eigenvalue weighted by atomic mass is 16.6. The first-order chi connectivity index (χ1) is 15.1. The van der Waals surface area contributed by atoms with Crippen molar-refractivity contribution in [2.24, 2.45) is 5.92 Å². The molecule has 0 aliphatic carbocycles. The maximum atomic E-state index is 12.4. The molecule has 1 amide bonds. The molecule has 3 heterocycles. The van der Waals surface area contributed by atoms with E-state index in [4.69, 9.17) is 4.74 Å². The molecule has 1 aromatic rings. The topological polar surface area (TPSA) is 73.3 Å². The van der Waals surface area contributed by atoms with Crippen LogP contribution >= 0.6 is 0 Å². The summed E-state index contributed by atoms with van der Waals surface area (Å²) < 4.78 is 5.48. The van der Waals surface area contributed by atoms with Crippen molar-refractivity contribution in [3.63, 3.8) is 0 Å². The van der Waals surface area contributed by atoms with Gasteiger partial charge >= 0.3 is 12.1 Å². The number of aliphatic carboxylic acids is 1. The highest BCUT2D eigenvalue weighted by Gasteiger charge is 2.33. The van der Waals surface area contributed by atoms with Crippen LogP contribution in [0.25, 0.3) is 0 Å². The van der Waals surface area contributed by atoms with Gasteiger partial charge in [0.1, 0.15) is 6.61 Å². The average molecular weight is 430 g/mol. The van der Waals surface area contributed by atoms with E-state index in [1.54, 1.807) is 0 Å². The van der Waals surface area contributed by atoms with Gasteiger partial charge < -0.3 is 24.5 Å². The van der Waals surface area contributed by atoms with Crippen molar-refractivity contribution in [2.75, 3.05) is 39.3 Å². The molecule has 0 radical (unpaired) electrons. The Morgan fingerprint density at radius 1 is 0.806 bits per heavy atom. The molecule has 7 nitrogen and oxygen atoms in total. The van der Waals surface area contributed by atoms with Gasteiger partial charge in [-0.3, -0.25) is 4.79 Å². The standard InChI is InChI=1S/C24H35N3O4/c28-23(29)20-6-12-25(13-7-20)21-8-14-26(15-9-21)22-10-16-27(17-11-22)24(30)31-18-19-4-2-1-3-5-19/h1-5,20-22H,6-18H2,(H,28,29). The van der Waals surface area contributed by atoms with Crippen LogP contribution in [-0.4, -0.2) is 83.2 Å². The summed E-state index contributed by atoms with van der Waals surface area (Å²) in [7, 11) is 0. The van der Waals surface area contributed by atoms with Crippen molar-refractivity contribution >= 4 is 12.1 Å². The second kappa shape index (κ2) is 10.5. The third kappa shape index (κ3) is 5.77. The highest BCUT2D eigenvalue weighted by molar-refractivity contribution is 5.70. The first-order valence-electron chi connectivity index (χ1n) is 11.8. The summed E-state index contributed by atoms with van der Waals surface area (Å²) in [5, 5.41) is 9.19. The number of nitrogens with zero attached hydrogens (tertiary/aromatic N) is 3. The lowest BCUT2D eigenvalue weighted by Crippen LogP contribution is -2.53. The van der Waals surface area contributed by atoms with Crippen LogP contribution in [0, 0.1) is 5.92 Å². The van der Waals surface area contributed by atoms with Gasteiger partial charge in [0, 0.05) is 25.2 Å². The number of carboxylic acid groups (broad SMARTS) is 1. The molecule has 7 heteroatoms. The Kier molecular flexibility index (Phi) is 7.45. The number of carbonyl (C=O) groups is 2. The molecular formula is C24H35N3O4. The minimum atomic E-state index is -0.634. The van der Waals surface area contributed by atoms with E-state index in [1.165, 1.54) is 0 Å². The van der Waals surface area contributed by atoms with Gasteiger partial charge in [-0.2, -0.15) is 0 Å². The number of carboxylic acids is 1. The van der Waals surface area contributed by atoms with Crippen molar-refractivity contribution in [1.29, 1.82) is 0 Å². The van der Waals surface area contributed by atoms with Crippen LogP contribution in [0.5, 0.6) is 0 Å². The van der Waals surface area contributed by atoms with E-state index in [9.17, 15) is 14.7 Å².